The number of methoxy groups -OCH3 is 1. The maximum absolute atomic E-state index is 12.3. The standard InChI is InChI=1S/C18H23N3O2/c1-20(2)15-11-9-14(10-12-15)13-21(3)18(22)19-16-7-5-6-8-17(16)23-4/h5-12H,13H2,1-4H3,(H,19,22). The molecule has 2 aromatic carbocycles. The summed E-state index contributed by atoms with van der Waals surface area (Å²) in [6.07, 6.45) is 0. The molecule has 0 spiro atoms. The third-order valence-corrected chi connectivity index (χ3v) is 3.57. The van der Waals surface area contributed by atoms with Crippen molar-refractivity contribution in [1.29, 1.82) is 0 Å². The van der Waals surface area contributed by atoms with E-state index in [0.717, 1.165) is 11.3 Å². The van der Waals surface area contributed by atoms with Crippen molar-refractivity contribution in [3.8, 4) is 5.75 Å². The van der Waals surface area contributed by atoms with Crippen LogP contribution in [-0.2, 0) is 6.54 Å². The first-order valence-electron chi connectivity index (χ1n) is 7.42. The van der Waals surface area contributed by atoms with Crippen LogP contribution < -0.4 is 15.0 Å². The lowest BCUT2D eigenvalue weighted by Gasteiger charge is -2.20. The van der Waals surface area contributed by atoms with E-state index in [2.05, 4.69) is 5.32 Å². The van der Waals surface area contributed by atoms with E-state index in [-0.39, 0.29) is 6.03 Å². The first-order valence-corrected chi connectivity index (χ1v) is 7.42. The van der Waals surface area contributed by atoms with Gasteiger partial charge in [-0.2, -0.15) is 0 Å². The molecule has 0 bridgehead atoms. The Balaban J connectivity index is 1.99. The number of carbonyl (C=O) groups excluding carboxylic acids is 1. The molecule has 0 aliphatic rings. The summed E-state index contributed by atoms with van der Waals surface area (Å²) in [5.41, 5.74) is 2.87. The Hall–Kier alpha value is -2.69. The minimum absolute atomic E-state index is 0.175. The minimum atomic E-state index is -0.175. The monoisotopic (exact) mass is 313 g/mol. The molecular weight excluding hydrogens is 290 g/mol. The van der Waals surface area contributed by atoms with Gasteiger partial charge in [-0.05, 0) is 29.8 Å². The summed E-state index contributed by atoms with van der Waals surface area (Å²) in [4.78, 5) is 16.0. The number of benzene rings is 2. The molecule has 0 aliphatic carbocycles. The zero-order chi connectivity index (χ0) is 16.8. The van der Waals surface area contributed by atoms with Crippen LogP contribution in [0.3, 0.4) is 0 Å². The first kappa shape index (κ1) is 16.7. The molecule has 2 rings (SSSR count). The molecular formula is C18H23N3O2. The van der Waals surface area contributed by atoms with Gasteiger partial charge in [-0.25, -0.2) is 4.79 Å². The van der Waals surface area contributed by atoms with Crippen LogP contribution in [0.1, 0.15) is 5.56 Å². The van der Waals surface area contributed by atoms with E-state index in [0.29, 0.717) is 18.0 Å². The molecule has 5 heteroatoms. The highest BCUT2D eigenvalue weighted by molar-refractivity contribution is 5.90. The SMILES string of the molecule is COc1ccccc1NC(=O)N(C)Cc1ccc(N(C)C)cc1. The third kappa shape index (κ3) is 4.39. The van der Waals surface area contributed by atoms with Gasteiger partial charge in [0, 0.05) is 33.4 Å². The Morgan fingerprint density at radius 3 is 2.30 bits per heavy atom. The van der Waals surface area contributed by atoms with E-state index in [1.165, 1.54) is 0 Å². The van der Waals surface area contributed by atoms with E-state index in [1.807, 2.05) is 67.5 Å². The summed E-state index contributed by atoms with van der Waals surface area (Å²) in [5, 5.41) is 2.86. The zero-order valence-electron chi connectivity index (χ0n) is 14.0. The Bertz CT molecular complexity index is 654. The van der Waals surface area contributed by atoms with Gasteiger partial charge in [0.2, 0.25) is 0 Å². The molecule has 0 aromatic heterocycles. The van der Waals surface area contributed by atoms with Crippen molar-refractivity contribution < 1.29 is 9.53 Å². The maximum Gasteiger partial charge on any atom is 0.321 e. The summed E-state index contributed by atoms with van der Waals surface area (Å²) in [7, 11) is 7.36. The van der Waals surface area contributed by atoms with Crippen LogP contribution >= 0.6 is 0 Å². The van der Waals surface area contributed by atoms with Crippen molar-refractivity contribution in [3.05, 3.63) is 54.1 Å². The summed E-state index contributed by atoms with van der Waals surface area (Å²) >= 11 is 0. The molecule has 2 aromatic rings. The number of hydrogen-bond donors (Lipinski definition) is 1. The molecule has 5 nitrogen and oxygen atoms in total. The number of nitrogens with one attached hydrogen (secondary N) is 1. The van der Waals surface area contributed by atoms with Crippen molar-refractivity contribution in [2.24, 2.45) is 0 Å². The van der Waals surface area contributed by atoms with Gasteiger partial charge in [0.1, 0.15) is 5.75 Å². The Labute approximate surface area is 137 Å². The Kier molecular flexibility index (Phi) is 5.46. The predicted molar refractivity (Wildman–Crippen MR) is 94.2 cm³/mol. The van der Waals surface area contributed by atoms with E-state index in [1.54, 1.807) is 19.1 Å². The van der Waals surface area contributed by atoms with Gasteiger partial charge in [0.15, 0.2) is 0 Å². The second-order valence-electron chi connectivity index (χ2n) is 5.55. The highest BCUT2D eigenvalue weighted by Crippen LogP contribution is 2.23. The van der Waals surface area contributed by atoms with Crippen LogP contribution in [0.4, 0.5) is 16.2 Å². The third-order valence-electron chi connectivity index (χ3n) is 3.57. The molecule has 0 saturated heterocycles. The number of nitrogens with zero attached hydrogens (tertiary/aromatic N) is 2. The average molecular weight is 313 g/mol. The maximum atomic E-state index is 12.3. The number of carbonyl (C=O) groups is 1. The van der Waals surface area contributed by atoms with Gasteiger partial charge in [-0.1, -0.05) is 24.3 Å². The lowest BCUT2D eigenvalue weighted by Crippen LogP contribution is -2.31. The fourth-order valence-corrected chi connectivity index (χ4v) is 2.20. The summed E-state index contributed by atoms with van der Waals surface area (Å²) in [5.74, 6) is 0.643. The summed E-state index contributed by atoms with van der Waals surface area (Å²) in [6.45, 7) is 0.536. The van der Waals surface area contributed by atoms with Crippen molar-refractivity contribution >= 4 is 17.4 Å². The fraction of sp³-hybridized carbons (Fsp3) is 0.278. The number of amides is 2. The van der Waals surface area contributed by atoms with Gasteiger partial charge < -0.3 is 19.9 Å². The normalized spacial score (nSPS) is 10.1. The fourth-order valence-electron chi connectivity index (χ4n) is 2.20. The van der Waals surface area contributed by atoms with E-state index >= 15 is 0 Å². The van der Waals surface area contributed by atoms with Gasteiger partial charge in [0.05, 0.1) is 12.8 Å². The number of para-hydroxylation sites is 2. The van der Waals surface area contributed by atoms with Gasteiger partial charge in [-0.3, -0.25) is 0 Å². The predicted octanol–water partition coefficient (Wildman–Crippen LogP) is 3.43. The van der Waals surface area contributed by atoms with Crippen molar-refractivity contribution in [2.45, 2.75) is 6.54 Å². The number of anilines is 2. The quantitative estimate of drug-likeness (QED) is 0.920. The van der Waals surface area contributed by atoms with E-state index in [4.69, 9.17) is 4.74 Å². The van der Waals surface area contributed by atoms with Crippen LogP contribution in [0.15, 0.2) is 48.5 Å². The highest BCUT2D eigenvalue weighted by Gasteiger charge is 2.12. The smallest absolute Gasteiger partial charge is 0.321 e. The molecule has 0 radical (unpaired) electrons. The molecule has 2 amide bonds. The average Bonchev–Trinajstić information content (AvgIpc) is 2.55. The van der Waals surface area contributed by atoms with Crippen molar-refractivity contribution in [1.82, 2.24) is 4.90 Å². The zero-order valence-corrected chi connectivity index (χ0v) is 14.0. The van der Waals surface area contributed by atoms with Crippen LogP contribution in [0.2, 0.25) is 0 Å². The lowest BCUT2D eigenvalue weighted by molar-refractivity contribution is 0.220. The van der Waals surface area contributed by atoms with Crippen LogP contribution in [0, 0.1) is 0 Å². The number of rotatable bonds is 5. The minimum Gasteiger partial charge on any atom is -0.495 e. The van der Waals surface area contributed by atoms with Crippen LogP contribution in [0.5, 0.6) is 5.75 Å². The largest absolute Gasteiger partial charge is 0.495 e. The molecule has 0 atom stereocenters. The summed E-state index contributed by atoms with van der Waals surface area (Å²) in [6, 6.07) is 15.3. The second kappa shape index (κ2) is 7.54. The molecule has 0 saturated carbocycles. The van der Waals surface area contributed by atoms with E-state index in [9.17, 15) is 4.79 Å². The Morgan fingerprint density at radius 2 is 1.70 bits per heavy atom. The molecule has 23 heavy (non-hydrogen) atoms. The van der Waals surface area contributed by atoms with Gasteiger partial charge in [-0.15, -0.1) is 0 Å². The molecule has 1 N–H and O–H groups in total. The second-order valence-corrected chi connectivity index (χ2v) is 5.55. The molecule has 122 valence electrons. The van der Waals surface area contributed by atoms with Crippen molar-refractivity contribution in [3.63, 3.8) is 0 Å². The topological polar surface area (TPSA) is 44.8 Å². The van der Waals surface area contributed by atoms with Gasteiger partial charge in [0.25, 0.3) is 0 Å². The number of ether oxygens (including phenoxy) is 1. The molecule has 0 unspecified atom stereocenters. The Morgan fingerprint density at radius 1 is 1.04 bits per heavy atom. The lowest BCUT2D eigenvalue weighted by atomic mass is 10.2. The van der Waals surface area contributed by atoms with E-state index < -0.39 is 0 Å². The van der Waals surface area contributed by atoms with Crippen LogP contribution in [0.25, 0.3) is 0 Å². The molecule has 0 heterocycles. The van der Waals surface area contributed by atoms with Gasteiger partial charge >= 0.3 is 6.03 Å². The van der Waals surface area contributed by atoms with Crippen LogP contribution in [-0.4, -0.2) is 39.2 Å². The number of urea groups is 1. The molecule has 0 aliphatic heterocycles. The highest BCUT2D eigenvalue weighted by atomic mass is 16.5. The summed E-state index contributed by atoms with van der Waals surface area (Å²) < 4.78 is 5.24. The molecule has 0 fully saturated rings. The van der Waals surface area contributed by atoms with Crippen molar-refractivity contribution in [2.75, 3.05) is 38.5 Å². The first-order chi connectivity index (χ1) is 11.0. The number of hydrogen-bond acceptors (Lipinski definition) is 3.